The van der Waals surface area contributed by atoms with Gasteiger partial charge in [0.15, 0.2) is 11.5 Å². The van der Waals surface area contributed by atoms with Crippen LogP contribution in [0.4, 0.5) is 0 Å². The summed E-state index contributed by atoms with van der Waals surface area (Å²) in [6.45, 7) is 5.72. The maximum absolute atomic E-state index is 10.7. The molecule has 6 heteroatoms. The van der Waals surface area contributed by atoms with E-state index >= 15 is 0 Å². The van der Waals surface area contributed by atoms with Crippen LogP contribution in [0.3, 0.4) is 0 Å². The molecule has 25 heavy (non-hydrogen) atoms. The first-order valence-corrected chi connectivity index (χ1v) is 9.72. The molecule has 0 radical (unpaired) electrons. The van der Waals surface area contributed by atoms with Gasteiger partial charge in [-0.25, -0.2) is 0 Å². The molecule has 1 heterocycles. The average Bonchev–Trinajstić information content (AvgIpc) is 2.60. The third-order valence-corrected chi connectivity index (χ3v) is 5.39. The fourth-order valence-electron chi connectivity index (χ4n) is 2.75. The maximum atomic E-state index is 10.7. The summed E-state index contributed by atoms with van der Waals surface area (Å²) in [6, 6.07) is 11.7. The maximum Gasteiger partial charge on any atom is 0.175 e. The summed E-state index contributed by atoms with van der Waals surface area (Å²) in [5.41, 5.74) is 1.45. The first-order chi connectivity index (χ1) is 11.9. The van der Waals surface area contributed by atoms with Crippen molar-refractivity contribution in [3.8, 4) is 11.5 Å². The van der Waals surface area contributed by atoms with Gasteiger partial charge in [-0.1, -0.05) is 28.1 Å². The Bertz CT molecular complexity index is 747. The smallest absolute Gasteiger partial charge is 0.175 e. The van der Waals surface area contributed by atoms with Crippen molar-refractivity contribution in [1.82, 2.24) is 5.32 Å². The van der Waals surface area contributed by atoms with Crippen LogP contribution in [0.25, 0.3) is 0 Å². The van der Waals surface area contributed by atoms with E-state index in [2.05, 4.69) is 37.2 Å². The van der Waals surface area contributed by atoms with Crippen molar-refractivity contribution in [2.45, 2.75) is 32.0 Å². The zero-order valence-corrected chi connectivity index (χ0v) is 17.4. The number of aliphatic hydroxyl groups excluding tert-OH is 1. The molecule has 0 aromatic heterocycles. The Balaban J connectivity index is 1.71. The van der Waals surface area contributed by atoms with Gasteiger partial charge in [-0.05, 0) is 65.2 Å². The van der Waals surface area contributed by atoms with Gasteiger partial charge in [0.2, 0.25) is 0 Å². The Morgan fingerprint density at radius 1 is 1.12 bits per heavy atom. The van der Waals surface area contributed by atoms with Crippen molar-refractivity contribution < 1.29 is 14.6 Å². The summed E-state index contributed by atoms with van der Waals surface area (Å²) in [5.74, 6) is 1.51. The first kappa shape index (κ1) is 18.7. The van der Waals surface area contributed by atoms with Crippen LogP contribution in [0.15, 0.2) is 45.3 Å². The van der Waals surface area contributed by atoms with Crippen molar-refractivity contribution in [3.05, 3.63) is 56.5 Å². The average molecular weight is 471 g/mol. The quantitative estimate of drug-likeness (QED) is 0.671. The Morgan fingerprint density at radius 3 is 2.52 bits per heavy atom. The number of nitrogens with one attached hydrogen (secondary N) is 1. The van der Waals surface area contributed by atoms with E-state index in [-0.39, 0.29) is 0 Å². The van der Waals surface area contributed by atoms with Gasteiger partial charge in [-0.15, -0.1) is 0 Å². The lowest BCUT2D eigenvalue weighted by atomic mass is 9.91. The lowest BCUT2D eigenvalue weighted by Gasteiger charge is -2.32. The number of rotatable bonds is 5. The van der Waals surface area contributed by atoms with Crippen LogP contribution in [0.2, 0.25) is 0 Å². The van der Waals surface area contributed by atoms with Gasteiger partial charge in [0.05, 0.1) is 10.6 Å². The number of fused-ring (bicyclic) bond motifs is 1. The largest absolute Gasteiger partial charge is 0.486 e. The van der Waals surface area contributed by atoms with Crippen molar-refractivity contribution in [1.29, 1.82) is 0 Å². The van der Waals surface area contributed by atoms with Crippen LogP contribution in [-0.2, 0) is 6.54 Å². The van der Waals surface area contributed by atoms with Gasteiger partial charge in [-0.2, -0.15) is 0 Å². The summed E-state index contributed by atoms with van der Waals surface area (Å²) in [6.07, 6.45) is -0.624. The van der Waals surface area contributed by atoms with Crippen LogP contribution in [0.5, 0.6) is 11.5 Å². The highest BCUT2D eigenvalue weighted by Crippen LogP contribution is 2.38. The Hall–Kier alpha value is -1.08. The molecule has 0 bridgehead atoms. The molecular weight excluding hydrogens is 450 g/mol. The van der Waals surface area contributed by atoms with Gasteiger partial charge >= 0.3 is 0 Å². The molecule has 134 valence electrons. The van der Waals surface area contributed by atoms with Gasteiger partial charge in [-0.3, -0.25) is 0 Å². The van der Waals surface area contributed by atoms with E-state index in [1.165, 1.54) is 0 Å². The first-order valence-electron chi connectivity index (χ1n) is 8.13. The number of halogens is 2. The highest BCUT2D eigenvalue weighted by Gasteiger charge is 2.28. The van der Waals surface area contributed by atoms with E-state index in [1.54, 1.807) is 0 Å². The van der Waals surface area contributed by atoms with Gasteiger partial charge < -0.3 is 19.9 Å². The molecule has 0 spiro atoms. The van der Waals surface area contributed by atoms with E-state index in [1.807, 2.05) is 50.2 Å². The van der Waals surface area contributed by atoms with E-state index in [4.69, 9.17) is 9.47 Å². The molecule has 2 aromatic rings. The minimum absolute atomic E-state index is 0.492. The lowest BCUT2D eigenvalue weighted by molar-refractivity contribution is 0.0791. The number of benzene rings is 2. The van der Waals surface area contributed by atoms with Crippen molar-refractivity contribution in [2.24, 2.45) is 0 Å². The molecule has 4 nitrogen and oxygen atoms in total. The van der Waals surface area contributed by atoms with Crippen LogP contribution in [0.1, 0.15) is 31.1 Å². The molecule has 0 saturated carbocycles. The van der Waals surface area contributed by atoms with Crippen LogP contribution in [-0.4, -0.2) is 23.9 Å². The molecule has 1 unspecified atom stereocenters. The molecule has 3 rings (SSSR count). The number of hydrogen-bond donors (Lipinski definition) is 2. The van der Waals surface area contributed by atoms with Crippen LogP contribution in [0, 0.1) is 0 Å². The molecule has 0 saturated heterocycles. The standard InChI is InChI=1S/C19H21Br2NO3/c1-19(2,18(23)13-3-5-14(20)6-4-13)22-11-12-9-15(21)17-16(10-12)24-7-8-25-17/h3-6,9-10,18,22-23H,7-8,11H2,1-2H3. The second-order valence-corrected chi connectivity index (χ2v) is 8.40. The molecule has 0 fully saturated rings. The third-order valence-electron chi connectivity index (χ3n) is 4.27. The third kappa shape index (κ3) is 4.37. The summed E-state index contributed by atoms with van der Waals surface area (Å²) < 4.78 is 13.2. The van der Waals surface area contributed by atoms with E-state index < -0.39 is 11.6 Å². The Kier molecular flexibility index (Phi) is 5.73. The Morgan fingerprint density at radius 2 is 1.80 bits per heavy atom. The fraction of sp³-hybridized carbons (Fsp3) is 0.368. The van der Waals surface area contributed by atoms with E-state index in [0.29, 0.717) is 19.8 Å². The SMILES string of the molecule is CC(C)(NCc1cc(Br)c2c(c1)OCCO2)C(O)c1ccc(Br)cc1. The van der Waals surface area contributed by atoms with Crippen molar-refractivity contribution in [2.75, 3.05) is 13.2 Å². The van der Waals surface area contributed by atoms with Gasteiger partial charge in [0, 0.05) is 16.6 Å². The predicted molar refractivity (Wildman–Crippen MR) is 105 cm³/mol. The second-order valence-electron chi connectivity index (χ2n) is 6.63. The van der Waals surface area contributed by atoms with Gasteiger partial charge in [0.25, 0.3) is 0 Å². The lowest BCUT2D eigenvalue weighted by Crippen LogP contribution is -2.44. The monoisotopic (exact) mass is 469 g/mol. The zero-order valence-electron chi connectivity index (χ0n) is 14.2. The summed E-state index contributed by atoms with van der Waals surface area (Å²) in [5, 5.41) is 14.2. The summed E-state index contributed by atoms with van der Waals surface area (Å²) in [4.78, 5) is 0. The Labute approximate surface area is 164 Å². The molecule has 0 amide bonds. The number of hydrogen-bond acceptors (Lipinski definition) is 4. The summed E-state index contributed by atoms with van der Waals surface area (Å²) in [7, 11) is 0. The highest BCUT2D eigenvalue weighted by molar-refractivity contribution is 9.10. The second kappa shape index (κ2) is 7.66. The highest BCUT2D eigenvalue weighted by atomic mass is 79.9. The van der Waals surface area contributed by atoms with Crippen LogP contribution < -0.4 is 14.8 Å². The molecular formula is C19H21Br2NO3. The number of ether oxygens (including phenoxy) is 2. The summed E-state index contributed by atoms with van der Waals surface area (Å²) >= 11 is 6.96. The normalized spacial score (nSPS) is 15.1. The van der Waals surface area contributed by atoms with Gasteiger partial charge in [0.1, 0.15) is 13.2 Å². The molecule has 2 N–H and O–H groups in total. The molecule has 1 aliphatic rings. The van der Waals surface area contributed by atoms with E-state index in [0.717, 1.165) is 31.6 Å². The van der Waals surface area contributed by atoms with E-state index in [9.17, 15) is 5.11 Å². The van der Waals surface area contributed by atoms with Crippen LogP contribution >= 0.6 is 31.9 Å². The topological polar surface area (TPSA) is 50.7 Å². The molecule has 1 aliphatic heterocycles. The number of aliphatic hydroxyl groups is 1. The predicted octanol–water partition coefficient (Wildman–Crippen LogP) is 4.58. The minimum Gasteiger partial charge on any atom is -0.486 e. The minimum atomic E-state index is -0.624. The molecule has 2 aromatic carbocycles. The fourth-order valence-corrected chi connectivity index (χ4v) is 3.62. The molecule has 1 atom stereocenters. The van der Waals surface area contributed by atoms with Crippen molar-refractivity contribution >= 4 is 31.9 Å². The zero-order chi connectivity index (χ0) is 18.0. The molecule has 0 aliphatic carbocycles. The van der Waals surface area contributed by atoms with Crippen molar-refractivity contribution in [3.63, 3.8) is 0 Å².